The van der Waals surface area contributed by atoms with Crippen LogP contribution in [0.1, 0.15) is 13.8 Å². The molecule has 3 aliphatic heterocycles. The normalized spacial score (nSPS) is 22.5. The lowest BCUT2D eigenvalue weighted by Gasteiger charge is -2.37. The van der Waals surface area contributed by atoms with Crippen molar-refractivity contribution in [2.24, 2.45) is 4.99 Å². The molecule has 0 saturated carbocycles. The van der Waals surface area contributed by atoms with Gasteiger partial charge in [0.25, 0.3) is 0 Å². The molecule has 8 heteroatoms. The summed E-state index contributed by atoms with van der Waals surface area (Å²) < 4.78 is 13.9. The van der Waals surface area contributed by atoms with Gasteiger partial charge in [-0.05, 0) is 32.1 Å². The van der Waals surface area contributed by atoms with Gasteiger partial charge in [-0.25, -0.2) is 9.18 Å². The zero-order valence-electron chi connectivity index (χ0n) is 16.2. The molecule has 28 heavy (non-hydrogen) atoms. The number of nitrogens with one attached hydrogen (secondary N) is 1. The summed E-state index contributed by atoms with van der Waals surface area (Å²) in [7, 11) is 0. The number of fused-ring (bicyclic) bond motifs is 1. The third-order valence-electron chi connectivity index (χ3n) is 5.44. The van der Waals surface area contributed by atoms with Gasteiger partial charge in [-0.3, -0.25) is 9.98 Å². The number of urea groups is 1. The van der Waals surface area contributed by atoms with E-state index in [9.17, 15) is 9.18 Å². The number of halogens is 1. The number of hydrogen-bond acceptors (Lipinski definition) is 5. The Labute approximate surface area is 164 Å². The van der Waals surface area contributed by atoms with Gasteiger partial charge in [0.1, 0.15) is 5.84 Å². The summed E-state index contributed by atoms with van der Waals surface area (Å²) in [6, 6.07) is 1.75. The topological polar surface area (TPSA) is 64.1 Å². The number of hydrogen-bond donors (Lipinski definition) is 1. The molecule has 1 N–H and O–H groups in total. The lowest BCUT2D eigenvalue weighted by Crippen LogP contribution is -2.54. The molecular weight excluding hydrogens is 359 g/mol. The molecule has 1 aromatic rings. The quantitative estimate of drug-likeness (QED) is 0.866. The Bertz CT molecular complexity index is 843. The minimum atomic E-state index is -0.330. The summed E-state index contributed by atoms with van der Waals surface area (Å²) in [4.78, 5) is 27.0. The zero-order chi connectivity index (χ0) is 19.7. The van der Waals surface area contributed by atoms with E-state index in [1.807, 2.05) is 30.1 Å². The van der Waals surface area contributed by atoms with E-state index in [2.05, 4.69) is 27.1 Å². The van der Waals surface area contributed by atoms with Crippen molar-refractivity contribution >= 4 is 17.6 Å². The first-order chi connectivity index (χ1) is 13.5. The summed E-state index contributed by atoms with van der Waals surface area (Å²) in [5, 5.41) is 3.10. The molecule has 2 atom stereocenters. The van der Waals surface area contributed by atoms with E-state index in [-0.39, 0.29) is 17.9 Å². The van der Waals surface area contributed by atoms with Crippen LogP contribution in [0.2, 0.25) is 0 Å². The van der Waals surface area contributed by atoms with Gasteiger partial charge < -0.3 is 20.0 Å². The molecule has 1 aromatic heterocycles. The molecule has 0 bridgehead atoms. The van der Waals surface area contributed by atoms with E-state index in [0.717, 1.165) is 18.1 Å². The molecule has 0 radical (unpaired) electrons. The van der Waals surface area contributed by atoms with Gasteiger partial charge in [0.15, 0.2) is 5.82 Å². The maximum absolute atomic E-state index is 13.9. The second-order valence-electron chi connectivity index (χ2n) is 7.34. The van der Waals surface area contributed by atoms with E-state index in [1.54, 1.807) is 17.2 Å². The molecule has 7 nitrogen and oxygen atoms in total. The Hall–Kier alpha value is -2.90. The minimum Gasteiger partial charge on any atom is -0.366 e. The van der Waals surface area contributed by atoms with Gasteiger partial charge in [0.2, 0.25) is 0 Å². The Morgan fingerprint density at radius 3 is 2.86 bits per heavy atom. The summed E-state index contributed by atoms with van der Waals surface area (Å²) in [6.07, 6.45) is 8.82. The number of piperazine rings is 1. The van der Waals surface area contributed by atoms with Gasteiger partial charge in [-0.1, -0.05) is 6.08 Å². The molecule has 3 aliphatic rings. The van der Waals surface area contributed by atoms with Crippen LogP contribution in [0.15, 0.2) is 47.4 Å². The second kappa shape index (κ2) is 7.61. The van der Waals surface area contributed by atoms with Crippen LogP contribution >= 0.6 is 0 Å². The summed E-state index contributed by atoms with van der Waals surface area (Å²) in [5.74, 6) is 0.627. The minimum absolute atomic E-state index is 0.0943. The second-order valence-corrected chi connectivity index (χ2v) is 7.34. The molecule has 1 unspecified atom stereocenters. The van der Waals surface area contributed by atoms with Crippen molar-refractivity contribution in [1.82, 2.24) is 20.1 Å². The maximum atomic E-state index is 13.9. The molecule has 1 saturated heterocycles. The number of amidine groups is 1. The van der Waals surface area contributed by atoms with Crippen molar-refractivity contribution in [3.63, 3.8) is 0 Å². The van der Waals surface area contributed by atoms with Crippen molar-refractivity contribution in [3.8, 4) is 0 Å². The Kier molecular flexibility index (Phi) is 5.02. The van der Waals surface area contributed by atoms with Crippen LogP contribution in [0.3, 0.4) is 0 Å². The van der Waals surface area contributed by atoms with E-state index in [4.69, 9.17) is 0 Å². The van der Waals surface area contributed by atoms with Crippen molar-refractivity contribution in [2.45, 2.75) is 25.9 Å². The number of aliphatic imine (C=N–C) groups is 1. The van der Waals surface area contributed by atoms with Crippen LogP contribution < -0.4 is 10.2 Å². The van der Waals surface area contributed by atoms with Crippen molar-refractivity contribution in [2.75, 3.05) is 37.6 Å². The number of rotatable bonds is 3. The lowest BCUT2D eigenvalue weighted by molar-refractivity contribution is 0.191. The number of allylic oxidation sites excluding steroid dienone is 2. The molecule has 1 fully saturated rings. The fourth-order valence-electron chi connectivity index (χ4n) is 3.92. The third-order valence-corrected chi connectivity index (χ3v) is 5.44. The number of carbonyl (C=O) groups is 1. The van der Waals surface area contributed by atoms with Crippen molar-refractivity contribution < 1.29 is 9.18 Å². The SMILES string of the molecule is CC1CN=C2C=CC=C([C@@H](C)NC(=O)N3CCN(c4ccncc4F)CC3)N21. The number of aromatic nitrogens is 1. The summed E-state index contributed by atoms with van der Waals surface area (Å²) >= 11 is 0. The highest BCUT2D eigenvalue weighted by Crippen LogP contribution is 2.24. The molecule has 0 aliphatic carbocycles. The van der Waals surface area contributed by atoms with Gasteiger partial charge in [-0.15, -0.1) is 0 Å². The molecule has 0 aromatic carbocycles. The standard InChI is InChI=1S/C20H25FN6O/c1-14-12-23-19-5-3-4-17(27(14)19)15(2)24-20(28)26-10-8-25(9-11-26)18-6-7-22-13-16(18)21/h3-7,13-15H,8-12H2,1-2H3,(H,24,28)/t14?,15-/m1/s1. The molecule has 2 amide bonds. The van der Waals surface area contributed by atoms with Crippen LogP contribution in [-0.2, 0) is 0 Å². The molecule has 0 spiro atoms. The van der Waals surface area contributed by atoms with Gasteiger partial charge in [-0.2, -0.15) is 0 Å². The molecule has 4 rings (SSSR count). The highest BCUT2D eigenvalue weighted by Gasteiger charge is 2.31. The Morgan fingerprint density at radius 2 is 2.11 bits per heavy atom. The molecule has 4 heterocycles. The summed E-state index contributed by atoms with van der Waals surface area (Å²) in [6.45, 7) is 7.18. The van der Waals surface area contributed by atoms with Gasteiger partial charge in [0, 0.05) is 38.1 Å². The Morgan fingerprint density at radius 1 is 1.32 bits per heavy atom. The Balaban J connectivity index is 1.35. The molecule has 148 valence electrons. The van der Waals surface area contributed by atoms with Crippen molar-refractivity contribution in [3.05, 3.63) is 48.2 Å². The average Bonchev–Trinajstić information content (AvgIpc) is 3.09. The van der Waals surface area contributed by atoms with Crippen molar-refractivity contribution in [1.29, 1.82) is 0 Å². The van der Waals surface area contributed by atoms with E-state index >= 15 is 0 Å². The van der Waals surface area contributed by atoms with E-state index in [0.29, 0.717) is 37.9 Å². The van der Waals surface area contributed by atoms with Crippen LogP contribution in [0.5, 0.6) is 0 Å². The number of nitrogens with zero attached hydrogens (tertiary/aromatic N) is 5. The zero-order valence-corrected chi connectivity index (χ0v) is 16.2. The molecular formula is C20H25FN6O. The number of anilines is 1. The van der Waals surface area contributed by atoms with Crippen LogP contribution in [-0.4, -0.2) is 71.5 Å². The number of pyridine rings is 1. The van der Waals surface area contributed by atoms with Gasteiger partial charge in [0.05, 0.1) is 30.5 Å². The smallest absolute Gasteiger partial charge is 0.318 e. The predicted octanol–water partition coefficient (Wildman–Crippen LogP) is 2.00. The fourth-order valence-corrected chi connectivity index (χ4v) is 3.92. The largest absolute Gasteiger partial charge is 0.366 e. The predicted molar refractivity (Wildman–Crippen MR) is 107 cm³/mol. The highest BCUT2D eigenvalue weighted by atomic mass is 19.1. The van der Waals surface area contributed by atoms with Crippen LogP contribution in [0.25, 0.3) is 0 Å². The highest BCUT2D eigenvalue weighted by molar-refractivity contribution is 5.97. The first kappa shape index (κ1) is 18.5. The average molecular weight is 384 g/mol. The first-order valence-corrected chi connectivity index (χ1v) is 9.66. The lowest BCUT2D eigenvalue weighted by atomic mass is 10.1. The van der Waals surface area contributed by atoms with E-state index < -0.39 is 0 Å². The third kappa shape index (κ3) is 3.46. The maximum Gasteiger partial charge on any atom is 0.318 e. The van der Waals surface area contributed by atoms with Crippen LogP contribution in [0.4, 0.5) is 14.9 Å². The van der Waals surface area contributed by atoms with Gasteiger partial charge >= 0.3 is 6.03 Å². The first-order valence-electron chi connectivity index (χ1n) is 9.66. The van der Waals surface area contributed by atoms with E-state index in [1.165, 1.54) is 6.20 Å². The monoisotopic (exact) mass is 384 g/mol. The number of amides is 2. The number of carbonyl (C=O) groups excluding carboxylic acids is 1. The fraction of sp³-hybridized carbons (Fsp3) is 0.450. The summed E-state index contributed by atoms with van der Waals surface area (Å²) in [5.41, 5.74) is 1.59. The van der Waals surface area contributed by atoms with Crippen LogP contribution in [0, 0.1) is 5.82 Å².